The topological polar surface area (TPSA) is 32.3 Å². The minimum atomic E-state index is 0.256. The summed E-state index contributed by atoms with van der Waals surface area (Å²) in [4.78, 5) is 14.6. The molecule has 0 unspecified atom stereocenters. The molecule has 1 N–H and O–H groups in total. The Morgan fingerprint density at radius 2 is 2.10 bits per heavy atom. The van der Waals surface area contributed by atoms with Gasteiger partial charge in [0.05, 0.1) is 6.04 Å². The summed E-state index contributed by atoms with van der Waals surface area (Å²) in [5.41, 5.74) is 3.83. The van der Waals surface area contributed by atoms with E-state index in [-0.39, 0.29) is 6.04 Å². The average Bonchev–Trinajstić information content (AvgIpc) is 2.64. The quantitative estimate of drug-likeness (QED) is 0.846. The van der Waals surface area contributed by atoms with Gasteiger partial charge in [0.2, 0.25) is 5.91 Å². The third kappa shape index (κ3) is 2.41. The van der Waals surface area contributed by atoms with Gasteiger partial charge in [-0.05, 0) is 44.2 Å². The highest BCUT2D eigenvalue weighted by atomic mass is 16.2. The zero-order chi connectivity index (χ0) is 14.1. The smallest absolute Gasteiger partial charge is 0.223 e. The maximum atomic E-state index is 12.4. The number of anilines is 1. The summed E-state index contributed by atoms with van der Waals surface area (Å²) in [5, 5.41) is 3.59. The number of para-hydroxylation sites is 1. The average molecular weight is 272 g/mol. The van der Waals surface area contributed by atoms with Crippen molar-refractivity contribution >= 4 is 11.6 Å². The van der Waals surface area contributed by atoms with E-state index < -0.39 is 0 Å². The Morgan fingerprint density at radius 3 is 2.95 bits per heavy atom. The molecule has 3 nitrogen and oxygen atoms in total. The lowest BCUT2D eigenvalue weighted by molar-refractivity contribution is -0.133. The molecule has 1 saturated heterocycles. The molecule has 2 atom stereocenters. The van der Waals surface area contributed by atoms with Gasteiger partial charge in [-0.15, -0.1) is 0 Å². The fraction of sp³-hybridized carbons (Fsp3) is 0.588. The first-order valence-corrected chi connectivity index (χ1v) is 7.82. The molecule has 1 amide bonds. The minimum Gasteiger partial charge on any atom is -0.382 e. The summed E-state index contributed by atoms with van der Waals surface area (Å²) >= 11 is 0. The summed E-state index contributed by atoms with van der Waals surface area (Å²) < 4.78 is 0. The fourth-order valence-corrected chi connectivity index (χ4v) is 3.56. The van der Waals surface area contributed by atoms with Crippen LogP contribution >= 0.6 is 0 Å². The van der Waals surface area contributed by atoms with E-state index in [2.05, 4.69) is 42.3 Å². The third-order valence-electron chi connectivity index (χ3n) is 4.62. The maximum absolute atomic E-state index is 12.4. The molecule has 1 aromatic carbocycles. The molecule has 2 aliphatic rings. The monoisotopic (exact) mass is 272 g/mol. The summed E-state index contributed by atoms with van der Waals surface area (Å²) in [6, 6.07) is 7.12. The number of likely N-dealkylation sites (tertiary alicyclic amines) is 1. The number of amides is 1. The van der Waals surface area contributed by atoms with E-state index in [0.717, 1.165) is 32.2 Å². The minimum absolute atomic E-state index is 0.256. The van der Waals surface area contributed by atoms with Crippen LogP contribution in [0, 0.1) is 6.92 Å². The lowest BCUT2D eigenvalue weighted by Crippen LogP contribution is -2.40. The van der Waals surface area contributed by atoms with Crippen LogP contribution in [0.2, 0.25) is 0 Å². The fourth-order valence-electron chi connectivity index (χ4n) is 3.56. The van der Waals surface area contributed by atoms with Crippen molar-refractivity contribution in [2.45, 2.75) is 58.0 Å². The van der Waals surface area contributed by atoms with E-state index in [0.29, 0.717) is 11.9 Å². The van der Waals surface area contributed by atoms with Crippen molar-refractivity contribution in [3.63, 3.8) is 0 Å². The predicted octanol–water partition coefficient (Wildman–Crippen LogP) is 3.64. The van der Waals surface area contributed by atoms with E-state index in [1.807, 2.05) is 0 Å². The molecule has 0 aromatic heterocycles. The second-order valence-electron chi connectivity index (χ2n) is 6.23. The second-order valence-corrected chi connectivity index (χ2v) is 6.23. The Labute approximate surface area is 121 Å². The number of hydrogen-bond acceptors (Lipinski definition) is 2. The summed E-state index contributed by atoms with van der Waals surface area (Å²) in [7, 11) is 0. The highest BCUT2D eigenvalue weighted by molar-refractivity contribution is 5.77. The van der Waals surface area contributed by atoms with Gasteiger partial charge in [0.25, 0.3) is 0 Å². The molecule has 0 radical (unpaired) electrons. The summed E-state index contributed by atoms with van der Waals surface area (Å²) in [6.45, 7) is 5.28. The van der Waals surface area contributed by atoms with Crippen LogP contribution in [0.5, 0.6) is 0 Å². The van der Waals surface area contributed by atoms with Crippen LogP contribution in [0.25, 0.3) is 0 Å². The van der Waals surface area contributed by atoms with E-state index in [9.17, 15) is 4.79 Å². The molecule has 2 aliphatic heterocycles. The molecule has 108 valence electrons. The van der Waals surface area contributed by atoms with Gasteiger partial charge in [-0.25, -0.2) is 0 Å². The number of nitrogens with zero attached hydrogens (tertiary/aromatic N) is 1. The van der Waals surface area contributed by atoms with E-state index in [4.69, 9.17) is 0 Å². The number of benzene rings is 1. The first-order valence-electron chi connectivity index (χ1n) is 7.82. The molecule has 0 spiro atoms. The van der Waals surface area contributed by atoms with Crippen LogP contribution in [0.15, 0.2) is 18.2 Å². The lowest BCUT2D eigenvalue weighted by atomic mass is 9.90. The molecule has 1 fully saturated rings. The van der Waals surface area contributed by atoms with Gasteiger partial charge in [-0.3, -0.25) is 4.79 Å². The van der Waals surface area contributed by atoms with Crippen LogP contribution in [0.1, 0.15) is 56.2 Å². The molecule has 20 heavy (non-hydrogen) atoms. The van der Waals surface area contributed by atoms with Crippen LogP contribution in [-0.2, 0) is 4.79 Å². The van der Waals surface area contributed by atoms with Gasteiger partial charge >= 0.3 is 0 Å². The number of carbonyl (C=O) groups is 1. The highest BCUT2D eigenvalue weighted by Gasteiger charge is 2.32. The zero-order valence-electron chi connectivity index (χ0n) is 12.5. The number of fused-ring (bicyclic) bond motifs is 1. The van der Waals surface area contributed by atoms with Crippen LogP contribution in [0.4, 0.5) is 5.69 Å². The van der Waals surface area contributed by atoms with E-state index in [1.165, 1.54) is 23.2 Å². The van der Waals surface area contributed by atoms with Crippen molar-refractivity contribution in [3.05, 3.63) is 29.3 Å². The van der Waals surface area contributed by atoms with Crippen molar-refractivity contribution < 1.29 is 4.79 Å². The predicted molar refractivity (Wildman–Crippen MR) is 81.8 cm³/mol. The van der Waals surface area contributed by atoms with E-state index in [1.54, 1.807) is 0 Å². The highest BCUT2D eigenvalue weighted by Crippen LogP contribution is 2.39. The van der Waals surface area contributed by atoms with Crippen LogP contribution in [0.3, 0.4) is 0 Å². The molecular weight excluding hydrogens is 248 g/mol. The Bertz CT molecular complexity index is 512. The van der Waals surface area contributed by atoms with Crippen molar-refractivity contribution in [3.8, 4) is 0 Å². The Morgan fingerprint density at radius 1 is 1.25 bits per heavy atom. The van der Waals surface area contributed by atoms with Crippen molar-refractivity contribution in [1.29, 1.82) is 0 Å². The summed E-state index contributed by atoms with van der Waals surface area (Å²) in [5.74, 6) is 0.342. The molecule has 2 heterocycles. The first kappa shape index (κ1) is 13.5. The number of carbonyl (C=O) groups excluding carboxylic acids is 1. The molecule has 3 heteroatoms. The van der Waals surface area contributed by atoms with Crippen LogP contribution in [-0.4, -0.2) is 23.4 Å². The van der Waals surface area contributed by atoms with Gasteiger partial charge in [-0.2, -0.15) is 0 Å². The van der Waals surface area contributed by atoms with Crippen molar-refractivity contribution in [2.24, 2.45) is 0 Å². The van der Waals surface area contributed by atoms with E-state index >= 15 is 0 Å². The Kier molecular flexibility index (Phi) is 3.68. The standard InChI is InChI=1S/C17H24N2O/c1-12-7-6-8-14-15(11-13(2)18-17(12)14)19-10-5-3-4-9-16(19)20/h6-8,13,15,18H,3-5,9-11H2,1-2H3/t13-,15+/m1/s1. The largest absolute Gasteiger partial charge is 0.382 e. The summed E-state index contributed by atoms with van der Waals surface area (Å²) in [6.07, 6.45) is 5.12. The molecule has 0 aliphatic carbocycles. The Hall–Kier alpha value is -1.51. The van der Waals surface area contributed by atoms with Gasteiger partial charge < -0.3 is 10.2 Å². The second kappa shape index (κ2) is 5.47. The third-order valence-corrected chi connectivity index (χ3v) is 4.62. The maximum Gasteiger partial charge on any atom is 0.223 e. The van der Waals surface area contributed by atoms with Crippen molar-refractivity contribution in [1.82, 2.24) is 4.90 Å². The van der Waals surface area contributed by atoms with Crippen LogP contribution < -0.4 is 5.32 Å². The van der Waals surface area contributed by atoms with Gasteiger partial charge in [0.1, 0.15) is 0 Å². The first-order chi connectivity index (χ1) is 9.66. The Balaban J connectivity index is 1.97. The van der Waals surface area contributed by atoms with Gasteiger partial charge in [-0.1, -0.05) is 24.6 Å². The molecule has 1 aromatic rings. The zero-order valence-corrected chi connectivity index (χ0v) is 12.5. The molecule has 3 rings (SSSR count). The molecule has 0 bridgehead atoms. The van der Waals surface area contributed by atoms with Crippen molar-refractivity contribution in [2.75, 3.05) is 11.9 Å². The normalized spacial score (nSPS) is 26.7. The SMILES string of the molecule is Cc1cccc2c1N[C@H](C)C[C@@H]2N1CCCCCC1=O. The van der Waals surface area contributed by atoms with Gasteiger partial charge in [0.15, 0.2) is 0 Å². The molecule has 0 saturated carbocycles. The number of nitrogens with one attached hydrogen (secondary N) is 1. The molecular formula is C17H24N2O. The lowest BCUT2D eigenvalue weighted by Gasteiger charge is -2.39. The van der Waals surface area contributed by atoms with Gasteiger partial charge in [0, 0.05) is 24.7 Å². The number of rotatable bonds is 1. The number of aryl methyl sites for hydroxylation is 1. The number of hydrogen-bond donors (Lipinski definition) is 1.